The predicted octanol–water partition coefficient (Wildman–Crippen LogP) is 2.07. The molecule has 2 rings (SSSR count). The van der Waals surface area contributed by atoms with E-state index < -0.39 is 18.5 Å². The molecular weight excluding hydrogens is 276 g/mol. The number of carbonyl (C=O) groups is 1. The van der Waals surface area contributed by atoms with Crippen LogP contribution >= 0.6 is 0 Å². The highest BCUT2D eigenvalue weighted by molar-refractivity contribution is 5.70. The quantitative estimate of drug-likeness (QED) is 0.775. The number of esters is 1. The number of hydrogen-bond donors (Lipinski definition) is 0. The van der Waals surface area contributed by atoms with Gasteiger partial charge in [0.2, 0.25) is 0 Å². The van der Waals surface area contributed by atoms with Gasteiger partial charge in [0.15, 0.2) is 6.29 Å². The van der Waals surface area contributed by atoms with Crippen LogP contribution in [0.5, 0.6) is 11.5 Å². The Morgan fingerprint density at radius 3 is 2.57 bits per heavy atom. The first kappa shape index (κ1) is 15.6. The normalized spacial score (nSPS) is 24.7. The SMILES string of the molecule is COC(=O)C[C@H]1O[C@H](C)O[C@@H]1c1cc(OC)ccc1OC. The van der Waals surface area contributed by atoms with Crippen LogP contribution in [0.3, 0.4) is 0 Å². The molecule has 1 heterocycles. The van der Waals surface area contributed by atoms with Gasteiger partial charge in [0.1, 0.15) is 23.7 Å². The van der Waals surface area contributed by atoms with E-state index in [4.69, 9.17) is 23.7 Å². The summed E-state index contributed by atoms with van der Waals surface area (Å²) >= 11 is 0. The lowest BCUT2D eigenvalue weighted by atomic mass is 10.0. The van der Waals surface area contributed by atoms with Gasteiger partial charge in [-0.25, -0.2) is 0 Å². The van der Waals surface area contributed by atoms with E-state index in [1.807, 2.05) is 6.07 Å². The Bertz CT molecular complexity index is 501. The predicted molar refractivity (Wildman–Crippen MR) is 74.3 cm³/mol. The summed E-state index contributed by atoms with van der Waals surface area (Å²) in [6.45, 7) is 1.79. The molecule has 0 bridgehead atoms. The van der Waals surface area contributed by atoms with Crippen LogP contribution in [0.15, 0.2) is 18.2 Å². The minimum absolute atomic E-state index is 0.117. The fourth-order valence-corrected chi connectivity index (χ4v) is 2.38. The highest BCUT2D eigenvalue weighted by Gasteiger charge is 2.38. The van der Waals surface area contributed by atoms with Gasteiger partial charge in [-0.3, -0.25) is 4.79 Å². The average Bonchev–Trinajstić information content (AvgIpc) is 2.86. The van der Waals surface area contributed by atoms with Gasteiger partial charge in [-0.2, -0.15) is 0 Å². The number of carbonyl (C=O) groups excluding carboxylic acids is 1. The lowest BCUT2D eigenvalue weighted by Crippen LogP contribution is -2.21. The Morgan fingerprint density at radius 1 is 1.19 bits per heavy atom. The third kappa shape index (κ3) is 3.46. The van der Waals surface area contributed by atoms with Crippen LogP contribution in [0.1, 0.15) is 25.0 Å². The molecule has 0 saturated carbocycles. The van der Waals surface area contributed by atoms with E-state index in [0.29, 0.717) is 11.5 Å². The van der Waals surface area contributed by atoms with Crippen LogP contribution in [-0.2, 0) is 19.0 Å². The van der Waals surface area contributed by atoms with Gasteiger partial charge in [0.25, 0.3) is 0 Å². The number of methoxy groups -OCH3 is 3. The zero-order valence-corrected chi connectivity index (χ0v) is 12.6. The van der Waals surface area contributed by atoms with Crippen molar-refractivity contribution < 1.29 is 28.5 Å². The number of ether oxygens (including phenoxy) is 5. The average molecular weight is 296 g/mol. The Kier molecular flexibility index (Phi) is 5.03. The maximum absolute atomic E-state index is 11.5. The van der Waals surface area contributed by atoms with Crippen molar-refractivity contribution in [1.82, 2.24) is 0 Å². The second-order valence-electron chi connectivity index (χ2n) is 4.69. The van der Waals surface area contributed by atoms with Crippen molar-refractivity contribution in [2.45, 2.75) is 31.8 Å². The second kappa shape index (κ2) is 6.78. The molecule has 0 amide bonds. The monoisotopic (exact) mass is 296 g/mol. The summed E-state index contributed by atoms with van der Waals surface area (Å²) in [4.78, 5) is 11.5. The molecule has 3 atom stereocenters. The molecule has 1 aliphatic heterocycles. The summed E-state index contributed by atoms with van der Waals surface area (Å²) in [7, 11) is 4.52. The maximum atomic E-state index is 11.5. The summed E-state index contributed by atoms with van der Waals surface area (Å²) in [6.07, 6.45) is -1.12. The Hall–Kier alpha value is -1.79. The molecule has 0 radical (unpaired) electrons. The summed E-state index contributed by atoms with van der Waals surface area (Å²) in [6, 6.07) is 5.43. The molecule has 1 aliphatic rings. The fourth-order valence-electron chi connectivity index (χ4n) is 2.38. The first-order chi connectivity index (χ1) is 10.1. The number of rotatable bonds is 5. The molecule has 0 aromatic heterocycles. The minimum atomic E-state index is -0.423. The zero-order valence-electron chi connectivity index (χ0n) is 12.6. The van der Waals surface area contributed by atoms with Gasteiger partial charge >= 0.3 is 5.97 Å². The first-order valence-electron chi connectivity index (χ1n) is 6.68. The molecule has 0 unspecified atom stereocenters. The molecule has 0 aliphatic carbocycles. The van der Waals surface area contributed by atoms with Gasteiger partial charge in [-0.15, -0.1) is 0 Å². The maximum Gasteiger partial charge on any atom is 0.308 e. The molecule has 116 valence electrons. The van der Waals surface area contributed by atoms with Gasteiger partial charge in [0, 0.05) is 5.56 Å². The van der Waals surface area contributed by atoms with E-state index in [1.54, 1.807) is 33.3 Å². The smallest absolute Gasteiger partial charge is 0.308 e. The third-order valence-electron chi connectivity index (χ3n) is 3.38. The van der Waals surface area contributed by atoms with Crippen LogP contribution < -0.4 is 9.47 Å². The van der Waals surface area contributed by atoms with E-state index in [1.165, 1.54) is 7.11 Å². The van der Waals surface area contributed by atoms with E-state index in [0.717, 1.165) is 5.56 Å². The number of benzene rings is 1. The molecule has 0 spiro atoms. The van der Waals surface area contributed by atoms with Crippen LogP contribution in [0.2, 0.25) is 0 Å². The lowest BCUT2D eigenvalue weighted by Gasteiger charge is -2.19. The topological polar surface area (TPSA) is 63.2 Å². The third-order valence-corrected chi connectivity index (χ3v) is 3.38. The van der Waals surface area contributed by atoms with E-state index in [9.17, 15) is 4.79 Å². The summed E-state index contributed by atoms with van der Waals surface area (Å²) in [5.41, 5.74) is 0.787. The summed E-state index contributed by atoms with van der Waals surface area (Å²) in [5.74, 6) is 1.00. The van der Waals surface area contributed by atoms with E-state index in [2.05, 4.69) is 0 Å². The van der Waals surface area contributed by atoms with Crippen molar-refractivity contribution in [3.63, 3.8) is 0 Å². The van der Waals surface area contributed by atoms with Gasteiger partial charge in [0.05, 0.1) is 27.8 Å². The van der Waals surface area contributed by atoms with Gasteiger partial charge < -0.3 is 23.7 Å². The van der Waals surface area contributed by atoms with Crippen LogP contribution in [0.25, 0.3) is 0 Å². The van der Waals surface area contributed by atoms with Gasteiger partial charge in [-0.1, -0.05) is 0 Å². The van der Waals surface area contributed by atoms with Gasteiger partial charge in [-0.05, 0) is 25.1 Å². The number of hydrogen-bond acceptors (Lipinski definition) is 6. The summed E-state index contributed by atoms with van der Waals surface area (Å²) in [5, 5.41) is 0. The molecular formula is C15H20O6. The molecule has 21 heavy (non-hydrogen) atoms. The van der Waals surface area contributed by atoms with Crippen molar-refractivity contribution in [3.8, 4) is 11.5 Å². The molecule has 1 saturated heterocycles. The fraction of sp³-hybridized carbons (Fsp3) is 0.533. The van der Waals surface area contributed by atoms with Crippen LogP contribution in [-0.4, -0.2) is 39.7 Å². The highest BCUT2D eigenvalue weighted by Crippen LogP contribution is 2.40. The highest BCUT2D eigenvalue weighted by atomic mass is 16.7. The Morgan fingerprint density at radius 2 is 1.95 bits per heavy atom. The lowest BCUT2D eigenvalue weighted by molar-refractivity contribution is -0.143. The molecule has 1 aromatic carbocycles. The zero-order chi connectivity index (χ0) is 15.4. The van der Waals surface area contributed by atoms with Crippen molar-refractivity contribution in [3.05, 3.63) is 23.8 Å². The van der Waals surface area contributed by atoms with Crippen molar-refractivity contribution in [2.75, 3.05) is 21.3 Å². The standard InChI is InChI=1S/C15H20O6/c1-9-20-13(8-14(16)19-4)15(21-9)11-7-10(17-2)5-6-12(11)18-3/h5-7,9,13,15H,8H2,1-4H3/t9-,13+,15+/m0/s1. The first-order valence-corrected chi connectivity index (χ1v) is 6.68. The molecule has 1 aromatic rings. The van der Waals surface area contributed by atoms with E-state index in [-0.39, 0.29) is 12.4 Å². The molecule has 1 fully saturated rings. The molecule has 0 N–H and O–H groups in total. The van der Waals surface area contributed by atoms with Crippen LogP contribution in [0, 0.1) is 0 Å². The van der Waals surface area contributed by atoms with Crippen LogP contribution in [0.4, 0.5) is 0 Å². The summed E-state index contributed by atoms with van der Waals surface area (Å²) < 4.78 is 26.7. The molecule has 6 nitrogen and oxygen atoms in total. The van der Waals surface area contributed by atoms with E-state index >= 15 is 0 Å². The Balaban J connectivity index is 2.31. The van der Waals surface area contributed by atoms with Crippen molar-refractivity contribution in [1.29, 1.82) is 0 Å². The Labute approximate surface area is 123 Å². The minimum Gasteiger partial charge on any atom is -0.497 e. The van der Waals surface area contributed by atoms with Crippen molar-refractivity contribution in [2.24, 2.45) is 0 Å². The second-order valence-corrected chi connectivity index (χ2v) is 4.69. The largest absolute Gasteiger partial charge is 0.497 e. The van der Waals surface area contributed by atoms with Crippen molar-refractivity contribution >= 4 is 5.97 Å². The molecule has 6 heteroatoms.